The molecule has 0 bridgehead atoms. The number of pyridine rings is 1. The van der Waals surface area contributed by atoms with Crippen LogP contribution in [0.2, 0.25) is 0 Å². The van der Waals surface area contributed by atoms with E-state index in [4.69, 9.17) is 4.74 Å². The van der Waals surface area contributed by atoms with Crippen LogP contribution in [0.5, 0.6) is 0 Å². The first kappa shape index (κ1) is 15.3. The molecule has 3 rings (SSSR count). The maximum absolute atomic E-state index is 9.21. The van der Waals surface area contributed by atoms with Gasteiger partial charge in [0.1, 0.15) is 11.9 Å². The van der Waals surface area contributed by atoms with Crippen molar-refractivity contribution in [1.29, 1.82) is 5.26 Å². The van der Waals surface area contributed by atoms with Crippen molar-refractivity contribution in [1.82, 2.24) is 9.88 Å². The molecule has 0 spiro atoms. The third kappa shape index (κ3) is 3.23. The van der Waals surface area contributed by atoms with Gasteiger partial charge < -0.3 is 10.1 Å². The Bertz CT molecular complexity index is 528. The number of hydrogen-bond acceptors (Lipinski definition) is 5. The summed E-state index contributed by atoms with van der Waals surface area (Å²) in [5.74, 6) is 0.711. The summed E-state index contributed by atoms with van der Waals surface area (Å²) in [6, 6.07) is 5.84. The number of hydrogen-bond donors (Lipinski definition) is 1. The molecule has 1 saturated heterocycles. The van der Waals surface area contributed by atoms with E-state index in [1.165, 1.54) is 32.1 Å². The van der Waals surface area contributed by atoms with E-state index in [0.29, 0.717) is 11.4 Å². The highest BCUT2D eigenvalue weighted by molar-refractivity contribution is 5.51. The lowest BCUT2D eigenvalue weighted by molar-refractivity contribution is -0.0318. The summed E-state index contributed by atoms with van der Waals surface area (Å²) in [5.41, 5.74) is 0.808. The first-order chi connectivity index (χ1) is 10.8. The summed E-state index contributed by atoms with van der Waals surface area (Å²) < 4.78 is 5.52. The molecule has 1 saturated carbocycles. The summed E-state index contributed by atoms with van der Waals surface area (Å²) in [7, 11) is 0. The van der Waals surface area contributed by atoms with Crippen LogP contribution in [0.4, 0.5) is 5.82 Å². The zero-order chi connectivity index (χ0) is 15.3. The molecule has 2 heterocycles. The number of nitriles is 1. The van der Waals surface area contributed by atoms with E-state index in [0.717, 1.165) is 32.8 Å². The monoisotopic (exact) mass is 300 g/mol. The van der Waals surface area contributed by atoms with Crippen molar-refractivity contribution in [3.63, 3.8) is 0 Å². The van der Waals surface area contributed by atoms with Gasteiger partial charge in [-0.3, -0.25) is 4.90 Å². The normalized spacial score (nSPS) is 22.0. The van der Waals surface area contributed by atoms with Gasteiger partial charge in [-0.05, 0) is 25.0 Å². The van der Waals surface area contributed by atoms with Crippen LogP contribution in [0.1, 0.15) is 37.7 Å². The predicted octanol–water partition coefficient (Wildman–Crippen LogP) is 2.40. The minimum Gasteiger partial charge on any atom is -0.379 e. The van der Waals surface area contributed by atoms with Crippen molar-refractivity contribution >= 4 is 5.82 Å². The van der Waals surface area contributed by atoms with E-state index in [2.05, 4.69) is 21.3 Å². The molecular formula is C17H24N4O. The fourth-order valence-corrected chi connectivity index (χ4v) is 3.74. The minimum atomic E-state index is 0.187. The molecule has 0 unspecified atom stereocenters. The average Bonchev–Trinajstić information content (AvgIpc) is 2.62. The molecule has 1 aromatic heterocycles. The second-order valence-electron chi connectivity index (χ2n) is 6.25. The molecule has 118 valence electrons. The van der Waals surface area contributed by atoms with Crippen molar-refractivity contribution < 1.29 is 4.74 Å². The fourth-order valence-electron chi connectivity index (χ4n) is 3.74. The van der Waals surface area contributed by atoms with Crippen LogP contribution in [-0.4, -0.2) is 48.3 Å². The van der Waals surface area contributed by atoms with Crippen LogP contribution in [0.3, 0.4) is 0 Å². The van der Waals surface area contributed by atoms with Gasteiger partial charge in [0.05, 0.1) is 18.8 Å². The third-order valence-corrected chi connectivity index (χ3v) is 4.98. The lowest BCUT2D eigenvalue weighted by atomic mass is 9.79. The molecule has 0 radical (unpaired) electrons. The Morgan fingerprint density at radius 1 is 1.27 bits per heavy atom. The van der Waals surface area contributed by atoms with E-state index >= 15 is 0 Å². The number of aromatic nitrogens is 1. The molecule has 1 N–H and O–H groups in total. The van der Waals surface area contributed by atoms with E-state index in [1.807, 2.05) is 12.1 Å². The lowest BCUT2D eigenvalue weighted by Gasteiger charge is -2.48. The lowest BCUT2D eigenvalue weighted by Crippen LogP contribution is -2.58. The van der Waals surface area contributed by atoms with E-state index in [-0.39, 0.29) is 5.54 Å². The second-order valence-corrected chi connectivity index (χ2v) is 6.25. The zero-order valence-corrected chi connectivity index (χ0v) is 13.1. The number of anilines is 1. The van der Waals surface area contributed by atoms with Crippen molar-refractivity contribution in [2.45, 2.75) is 37.6 Å². The van der Waals surface area contributed by atoms with E-state index in [9.17, 15) is 5.26 Å². The molecule has 1 aliphatic heterocycles. The standard InChI is InChI=1S/C17H24N4O/c18-13-15-5-4-8-19-16(15)20-14-17(6-2-1-3-7-17)21-9-11-22-12-10-21/h4-5,8H,1-3,6-7,9-12,14H2,(H,19,20). The van der Waals surface area contributed by atoms with E-state index < -0.39 is 0 Å². The first-order valence-corrected chi connectivity index (χ1v) is 8.26. The van der Waals surface area contributed by atoms with Crippen molar-refractivity contribution in [2.24, 2.45) is 0 Å². The van der Waals surface area contributed by atoms with Gasteiger partial charge in [0, 0.05) is 31.4 Å². The van der Waals surface area contributed by atoms with Crippen LogP contribution in [0.25, 0.3) is 0 Å². The SMILES string of the molecule is N#Cc1cccnc1NCC1(N2CCOCC2)CCCCC1. The molecular weight excluding hydrogens is 276 g/mol. The molecule has 2 fully saturated rings. The van der Waals surface area contributed by atoms with Gasteiger partial charge in [0.25, 0.3) is 0 Å². The number of morpholine rings is 1. The molecule has 0 amide bonds. The maximum atomic E-state index is 9.21. The van der Waals surface area contributed by atoms with Crippen LogP contribution in [0.15, 0.2) is 18.3 Å². The van der Waals surface area contributed by atoms with Gasteiger partial charge in [-0.1, -0.05) is 19.3 Å². The summed E-state index contributed by atoms with van der Waals surface area (Å²) in [4.78, 5) is 6.93. The van der Waals surface area contributed by atoms with Gasteiger partial charge in [-0.2, -0.15) is 5.26 Å². The Balaban J connectivity index is 1.74. The van der Waals surface area contributed by atoms with Crippen molar-refractivity contribution in [2.75, 3.05) is 38.2 Å². The molecule has 0 atom stereocenters. The number of ether oxygens (including phenoxy) is 1. The Hall–Kier alpha value is -1.64. The molecule has 1 aromatic rings. The molecule has 5 heteroatoms. The first-order valence-electron chi connectivity index (χ1n) is 8.26. The van der Waals surface area contributed by atoms with Gasteiger partial charge in [0.15, 0.2) is 0 Å². The maximum Gasteiger partial charge on any atom is 0.143 e. The van der Waals surface area contributed by atoms with E-state index in [1.54, 1.807) is 6.20 Å². The Kier molecular flexibility index (Phi) is 4.91. The highest BCUT2D eigenvalue weighted by Gasteiger charge is 2.38. The molecule has 1 aliphatic carbocycles. The molecule has 0 aromatic carbocycles. The predicted molar refractivity (Wildman–Crippen MR) is 85.6 cm³/mol. The minimum absolute atomic E-state index is 0.187. The smallest absolute Gasteiger partial charge is 0.143 e. The van der Waals surface area contributed by atoms with Gasteiger partial charge in [0.2, 0.25) is 0 Å². The molecule has 22 heavy (non-hydrogen) atoms. The van der Waals surface area contributed by atoms with Crippen molar-refractivity contribution in [3.05, 3.63) is 23.9 Å². The average molecular weight is 300 g/mol. The second kappa shape index (κ2) is 7.08. The van der Waals surface area contributed by atoms with Crippen LogP contribution in [-0.2, 0) is 4.74 Å². The third-order valence-electron chi connectivity index (χ3n) is 4.98. The quantitative estimate of drug-likeness (QED) is 0.925. The fraction of sp³-hybridized carbons (Fsp3) is 0.647. The van der Waals surface area contributed by atoms with Gasteiger partial charge in [-0.15, -0.1) is 0 Å². The largest absolute Gasteiger partial charge is 0.379 e. The number of rotatable bonds is 4. The van der Waals surface area contributed by atoms with Crippen LogP contribution in [0, 0.1) is 11.3 Å². The zero-order valence-electron chi connectivity index (χ0n) is 13.1. The molecule has 5 nitrogen and oxygen atoms in total. The summed E-state index contributed by atoms with van der Waals surface area (Å²) in [6.07, 6.45) is 8.08. The Labute approximate surface area is 132 Å². The van der Waals surface area contributed by atoms with Gasteiger partial charge >= 0.3 is 0 Å². The number of nitrogens with one attached hydrogen (secondary N) is 1. The van der Waals surface area contributed by atoms with Gasteiger partial charge in [-0.25, -0.2) is 4.98 Å². The number of nitrogens with zero attached hydrogens (tertiary/aromatic N) is 3. The van der Waals surface area contributed by atoms with Crippen LogP contribution >= 0.6 is 0 Å². The summed E-state index contributed by atoms with van der Waals surface area (Å²) in [6.45, 7) is 4.53. The summed E-state index contributed by atoms with van der Waals surface area (Å²) in [5, 5.41) is 12.7. The highest BCUT2D eigenvalue weighted by atomic mass is 16.5. The molecule has 2 aliphatic rings. The Morgan fingerprint density at radius 2 is 2.05 bits per heavy atom. The topological polar surface area (TPSA) is 61.2 Å². The Morgan fingerprint density at radius 3 is 2.77 bits per heavy atom. The summed E-state index contributed by atoms with van der Waals surface area (Å²) >= 11 is 0. The van der Waals surface area contributed by atoms with Crippen molar-refractivity contribution in [3.8, 4) is 6.07 Å². The highest BCUT2D eigenvalue weighted by Crippen LogP contribution is 2.34. The van der Waals surface area contributed by atoms with Crippen LogP contribution < -0.4 is 5.32 Å².